The summed E-state index contributed by atoms with van der Waals surface area (Å²) < 4.78 is 0. The van der Waals surface area contributed by atoms with Gasteiger partial charge in [0.2, 0.25) is 5.91 Å². The predicted molar refractivity (Wildman–Crippen MR) is 68.1 cm³/mol. The second kappa shape index (κ2) is 6.15. The Labute approximate surface area is 108 Å². The van der Waals surface area contributed by atoms with E-state index in [-0.39, 0.29) is 19.0 Å². The Morgan fingerprint density at radius 1 is 1.50 bits per heavy atom. The van der Waals surface area contributed by atoms with Crippen LogP contribution < -0.4 is 11.1 Å². The van der Waals surface area contributed by atoms with Gasteiger partial charge in [0.25, 0.3) is 0 Å². The standard InChI is InChI=1S/C12H23N3O3/c1-9(2)3-5-14-10(16)7-15-6-4-12(13,8-15)11(17)18/h9H,3-8,13H2,1-2H3,(H,14,16)(H,17,18). The molecule has 1 rings (SSSR count). The molecular weight excluding hydrogens is 234 g/mol. The van der Waals surface area contributed by atoms with Crippen molar-refractivity contribution in [1.29, 1.82) is 0 Å². The van der Waals surface area contributed by atoms with Crippen LogP contribution in [-0.2, 0) is 9.59 Å². The summed E-state index contributed by atoms with van der Waals surface area (Å²) in [5.74, 6) is -0.503. The number of nitrogens with two attached hydrogens (primary N) is 1. The maximum Gasteiger partial charge on any atom is 0.325 e. The molecule has 0 radical (unpaired) electrons. The first kappa shape index (κ1) is 14.9. The molecule has 1 heterocycles. The van der Waals surface area contributed by atoms with Crippen molar-refractivity contribution in [3.8, 4) is 0 Å². The molecule has 1 unspecified atom stereocenters. The fourth-order valence-electron chi connectivity index (χ4n) is 1.98. The summed E-state index contributed by atoms with van der Waals surface area (Å²) >= 11 is 0. The molecule has 18 heavy (non-hydrogen) atoms. The Morgan fingerprint density at radius 3 is 2.67 bits per heavy atom. The maximum absolute atomic E-state index is 11.6. The van der Waals surface area contributed by atoms with Crippen molar-refractivity contribution < 1.29 is 14.7 Å². The number of nitrogens with one attached hydrogen (secondary N) is 1. The number of amides is 1. The monoisotopic (exact) mass is 257 g/mol. The van der Waals surface area contributed by atoms with Gasteiger partial charge < -0.3 is 16.2 Å². The third-order valence-electron chi connectivity index (χ3n) is 3.22. The van der Waals surface area contributed by atoms with E-state index >= 15 is 0 Å². The summed E-state index contributed by atoms with van der Waals surface area (Å²) in [7, 11) is 0. The second-order valence-corrected chi connectivity index (χ2v) is 5.45. The van der Waals surface area contributed by atoms with Crippen LogP contribution >= 0.6 is 0 Å². The van der Waals surface area contributed by atoms with Crippen LogP contribution in [0.5, 0.6) is 0 Å². The topological polar surface area (TPSA) is 95.7 Å². The lowest BCUT2D eigenvalue weighted by molar-refractivity contribution is -0.143. The second-order valence-electron chi connectivity index (χ2n) is 5.45. The zero-order chi connectivity index (χ0) is 13.8. The summed E-state index contributed by atoms with van der Waals surface area (Å²) in [4.78, 5) is 24.4. The van der Waals surface area contributed by atoms with Crippen LogP contribution in [0.15, 0.2) is 0 Å². The van der Waals surface area contributed by atoms with E-state index in [9.17, 15) is 9.59 Å². The summed E-state index contributed by atoms with van der Waals surface area (Å²) in [5.41, 5.74) is 4.54. The Kier molecular flexibility index (Phi) is 5.10. The van der Waals surface area contributed by atoms with E-state index in [1.807, 2.05) is 0 Å². The molecule has 1 fully saturated rings. The van der Waals surface area contributed by atoms with Crippen molar-refractivity contribution in [2.45, 2.75) is 32.2 Å². The molecule has 0 aliphatic carbocycles. The Balaban J connectivity index is 2.28. The third-order valence-corrected chi connectivity index (χ3v) is 3.22. The Hall–Kier alpha value is -1.14. The lowest BCUT2D eigenvalue weighted by Crippen LogP contribution is -2.50. The van der Waals surface area contributed by atoms with Gasteiger partial charge >= 0.3 is 5.97 Å². The number of nitrogens with zero attached hydrogens (tertiary/aromatic N) is 1. The van der Waals surface area contributed by atoms with E-state index in [1.54, 1.807) is 4.90 Å². The molecule has 1 amide bonds. The molecule has 0 aromatic heterocycles. The predicted octanol–water partition coefficient (Wildman–Crippen LogP) is -0.363. The van der Waals surface area contributed by atoms with Gasteiger partial charge in [0.05, 0.1) is 6.54 Å². The van der Waals surface area contributed by atoms with Crippen molar-refractivity contribution in [1.82, 2.24) is 10.2 Å². The molecular formula is C12H23N3O3. The van der Waals surface area contributed by atoms with Gasteiger partial charge in [-0.3, -0.25) is 14.5 Å². The molecule has 6 heteroatoms. The quantitative estimate of drug-likeness (QED) is 0.604. The van der Waals surface area contributed by atoms with Crippen LogP contribution in [0.1, 0.15) is 26.7 Å². The number of aliphatic carboxylic acids is 1. The lowest BCUT2D eigenvalue weighted by atomic mass is 10.0. The first-order valence-corrected chi connectivity index (χ1v) is 6.35. The fourth-order valence-corrected chi connectivity index (χ4v) is 1.98. The van der Waals surface area contributed by atoms with Crippen LogP contribution in [0, 0.1) is 5.92 Å². The van der Waals surface area contributed by atoms with Crippen LogP contribution in [0.2, 0.25) is 0 Å². The van der Waals surface area contributed by atoms with Crippen molar-refractivity contribution in [3.05, 3.63) is 0 Å². The maximum atomic E-state index is 11.6. The molecule has 1 saturated heterocycles. The normalized spacial score (nSPS) is 24.4. The highest BCUT2D eigenvalue weighted by molar-refractivity contribution is 5.80. The first-order valence-electron chi connectivity index (χ1n) is 6.35. The van der Waals surface area contributed by atoms with Crippen molar-refractivity contribution >= 4 is 11.9 Å². The van der Waals surface area contributed by atoms with Gasteiger partial charge in [-0.05, 0) is 18.8 Å². The molecule has 0 aromatic rings. The minimum atomic E-state index is -1.20. The molecule has 0 saturated carbocycles. The zero-order valence-electron chi connectivity index (χ0n) is 11.1. The van der Waals surface area contributed by atoms with E-state index in [2.05, 4.69) is 19.2 Å². The van der Waals surface area contributed by atoms with Crippen LogP contribution in [0.3, 0.4) is 0 Å². The number of hydrogen-bond acceptors (Lipinski definition) is 4. The van der Waals surface area contributed by atoms with Gasteiger partial charge in [-0.15, -0.1) is 0 Å². The number of carbonyl (C=O) groups is 2. The van der Waals surface area contributed by atoms with Gasteiger partial charge in [0.1, 0.15) is 5.54 Å². The Morgan fingerprint density at radius 2 is 2.17 bits per heavy atom. The van der Waals surface area contributed by atoms with Gasteiger partial charge in [0.15, 0.2) is 0 Å². The number of hydrogen-bond donors (Lipinski definition) is 3. The number of carboxylic acid groups (broad SMARTS) is 1. The number of carbonyl (C=O) groups excluding carboxylic acids is 1. The SMILES string of the molecule is CC(C)CCNC(=O)CN1CCC(N)(C(=O)O)C1. The first-order chi connectivity index (χ1) is 8.33. The third kappa shape index (κ3) is 4.27. The van der Waals surface area contributed by atoms with Gasteiger partial charge in [-0.1, -0.05) is 13.8 Å². The van der Waals surface area contributed by atoms with E-state index in [1.165, 1.54) is 0 Å². The molecule has 1 aliphatic rings. The van der Waals surface area contributed by atoms with Crippen molar-refractivity contribution in [2.75, 3.05) is 26.2 Å². The smallest absolute Gasteiger partial charge is 0.325 e. The van der Waals surface area contributed by atoms with Gasteiger partial charge in [-0.25, -0.2) is 0 Å². The summed E-state index contributed by atoms with van der Waals surface area (Å²) in [6.07, 6.45) is 1.34. The number of rotatable bonds is 6. The summed E-state index contributed by atoms with van der Waals surface area (Å²) in [6, 6.07) is 0. The largest absolute Gasteiger partial charge is 0.480 e. The molecule has 104 valence electrons. The van der Waals surface area contributed by atoms with Crippen LogP contribution in [-0.4, -0.2) is 53.6 Å². The highest BCUT2D eigenvalue weighted by atomic mass is 16.4. The summed E-state index contributed by atoms with van der Waals surface area (Å²) in [5, 5.41) is 11.8. The lowest BCUT2D eigenvalue weighted by Gasteiger charge is -2.19. The molecule has 0 aromatic carbocycles. The molecule has 6 nitrogen and oxygen atoms in total. The fraction of sp³-hybridized carbons (Fsp3) is 0.833. The average molecular weight is 257 g/mol. The highest BCUT2D eigenvalue weighted by Crippen LogP contribution is 2.18. The minimum absolute atomic E-state index is 0.0645. The molecule has 0 spiro atoms. The molecule has 1 atom stereocenters. The van der Waals surface area contributed by atoms with E-state index < -0.39 is 11.5 Å². The van der Waals surface area contributed by atoms with Crippen LogP contribution in [0.25, 0.3) is 0 Å². The van der Waals surface area contributed by atoms with Crippen LogP contribution in [0.4, 0.5) is 0 Å². The van der Waals surface area contributed by atoms with E-state index in [4.69, 9.17) is 10.8 Å². The van der Waals surface area contributed by atoms with Gasteiger partial charge in [0, 0.05) is 19.6 Å². The summed E-state index contributed by atoms with van der Waals surface area (Å²) in [6.45, 7) is 5.88. The van der Waals surface area contributed by atoms with Crippen molar-refractivity contribution in [2.24, 2.45) is 11.7 Å². The minimum Gasteiger partial charge on any atom is -0.480 e. The molecule has 1 aliphatic heterocycles. The van der Waals surface area contributed by atoms with Gasteiger partial charge in [-0.2, -0.15) is 0 Å². The number of carboxylic acids is 1. The van der Waals surface area contributed by atoms with Crippen molar-refractivity contribution in [3.63, 3.8) is 0 Å². The average Bonchev–Trinajstić information content (AvgIpc) is 2.61. The molecule has 0 bridgehead atoms. The van der Waals surface area contributed by atoms with E-state index in [0.717, 1.165) is 6.42 Å². The highest BCUT2D eigenvalue weighted by Gasteiger charge is 2.41. The zero-order valence-corrected chi connectivity index (χ0v) is 11.1. The number of likely N-dealkylation sites (tertiary alicyclic amines) is 1. The molecule has 4 N–H and O–H groups in total. The van der Waals surface area contributed by atoms with E-state index in [0.29, 0.717) is 25.4 Å². The Bertz CT molecular complexity index is 320.